The van der Waals surface area contributed by atoms with Gasteiger partial charge in [0, 0.05) is 18.6 Å². The Kier molecular flexibility index (Phi) is 5.09. The van der Waals surface area contributed by atoms with Gasteiger partial charge in [0.1, 0.15) is 0 Å². The van der Waals surface area contributed by atoms with Gasteiger partial charge in [-0.15, -0.1) is 12.4 Å². The van der Waals surface area contributed by atoms with Crippen molar-refractivity contribution in [1.82, 2.24) is 4.90 Å². The molecule has 0 radical (unpaired) electrons. The SMILES string of the molecule is CC1(N)CCN(CCN)CC1.Cl. The van der Waals surface area contributed by atoms with Crippen molar-refractivity contribution < 1.29 is 0 Å². The van der Waals surface area contributed by atoms with Crippen molar-refractivity contribution in [3.05, 3.63) is 0 Å². The van der Waals surface area contributed by atoms with E-state index < -0.39 is 0 Å². The fourth-order valence-corrected chi connectivity index (χ4v) is 1.47. The molecule has 0 amide bonds. The highest BCUT2D eigenvalue weighted by molar-refractivity contribution is 5.85. The molecule has 0 aromatic heterocycles. The van der Waals surface area contributed by atoms with Crippen LogP contribution in [0.3, 0.4) is 0 Å². The minimum Gasteiger partial charge on any atom is -0.329 e. The van der Waals surface area contributed by atoms with E-state index in [4.69, 9.17) is 11.5 Å². The van der Waals surface area contributed by atoms with Gasteiger partial charge >= 0.3 is 0 Å². The third-order valence-electron chi connectivity index (χ3n) is 2.44. The highest BCUT2D eigenvalue weighted by Crippen LogP contribution is 2.17. The number of hydrogen-bond donors (Lipinski definition) is 2. The summed E-state index contributed by atoms with van der Waals surface area (Å²) in [6.07, 6.45) is 2.21. The van der Waals surface area contributed by atoms with Gasteiger partial charge in [-0.3, -0.25) is 0 Å². The van der Waals surface area contributed by atoms with E-state index in [0.29, 0.717) is 0 Å². The molecule has 1 rings (SSSR count). The molecule has 0 unspecified atom stereocenters. The molecule has 1 heterocycles. The number of piperidine rings is 1. The molecule has 1 aliphatic heterocycles. The average molecular weight is 194 g/mol. The zero-order chi connectivity index (χ0) is 8.32. The predicted molar refractivity (Wildman–Crippen MR) is 54.6 cm³/mol. The summed E-state index contributed by atoms with van der Waals surface area (Å²) in [5.74, 6) is 0. The highest BCUT2D eigenvalue weighted by atomic mass is 35.5. The van der Waals surface area contributed by atoms with Crippen molar-refractivity contribution in [3.8, 4) is 0 Å². The van der Waals surface area contributed by atoms with Crippen molar-refractivity contribution in [2.24, 2.45) is 11.5 Å². The lowest BCUT2D eigenvalue weighted by Crippen LogP contribution is -2.49. The number of nitrogens with zero attached hydrogens (tertiary/aromatic N) is 1. The minimum atomic E-state index is 0. The molecule has 1 saturated heterocycles. The lowest BCUT2D eigenvalue weighted by atomic mass is 9.91. The molecule has 0 bridgehead atoms. The molecule has 0 spiro atoms. The third kappa shape index (κ3) is 3.72. The van der Waals surface area contributed by atoms with Crippen molar-refractivity contribution in [3.63, 3.8) is 0 Å². The van der Waals surface area contributed by atoms with Gasteiger partial charge in [0.2, 0.25) is 0 Å². The largest absolute Gasteiger partial charge is 0.329 e. The molecule has 0 atom stereocenters. The quantitative estimate of drug-likeness (QED) is 0.658. The average Bonchev–Trinajstić information content (AvgIpc) is 1.94. The summed E-state index contributed by atoms with van der Waals surface area (Å²) in [6.45, 7) is 6.15. The summed E-state index contributed by atoms with van der Waals surface area (Å²) in [5.41, 5.74) is 11.5. The lowest BCUT2D eigenvalue weighted by molar-refractivity contribution is 0.176. The van der Waals surface area contributed by atoms with Crippen LogP contribution in [0.4, 0.5) is 0 Å². The van der Waals surface area contributed by atoms with Crippen LogP contribution in [0, 0.1) is 0 Å². The van der Waals surface area contributed by atoms with E-state index in [2.05, 4.69) is 11.8 Å². The highest BCUT2D eigenvalue weighted by Gasteiger charge is 2.24. The van der Waals surface area contributed by atoms with Gasteiger partial charge in [-0.05, 0) is 32.9 Å². The first-order chi connectivity index (χ1) is 5.14. The first-order valence-corrected chi connectivity index (χ1v) is 4.35. The molecule has 1 aliphatic rings. The Morgan fingerprint density at radius 1 is 1.33 bits per heavy atom. The monoisotopic (exact) mass is 193 g/mol. The van der Waals surface area contributed by atoms with Crippen molar-refractivity contribution in [1.29, 1.82) is 0 Å². The van der Waals surface area contributed by atoms with Gasteiger partial charge in [0.15, 0.2) is 0 Å². The van der Waals surface area contributed by atoms with Crippen LogP contribution >= 0.6 is 12.4 Å². The maximum atomic E-state index is 5.98. The Morgan fingerprint density at radius 2 is 1.83 bits per heavy atom. The second-order valence-electron chi connectivity index (χ2n) is 3.78. The van der Waals surface area contributed by atoms with E-state index in [0.717, 1.165) is 39.0 Å². The number of likely N-dealkylation sites (tertiary alicyclic amines) is 1. The van der Waals surface area contributed by atoms with Crippen LogP contribution in [0.15, 0.2) is 0 Å². The summed E-state index contributed by atoms with van der Waals surface area (Å²) >= 11 is 0. The summed E-state index contributed by atoms with van der Waals surface area (Å²) < 4.78 is 0. The number of nitrogens with two attached hydrogens (primary N) is 2. The topological polar surface area (TPSA) is 55.3 Å². The van der Waals surface area contributed by atoms with E-state index in [1.165, 1.54) is 0 Å². The fourth-order valence-electron chi connectivity index (χ4n) is 1.47. The van der Waals surface area contributed by atoms with Gasteiger partial charge in [0.05, 0.1) is 0 Å². The Hall–Kier alpha value is 0.170. The van der Waals surface area contributed by atoms with Crippen LogP contribution in [0.1, 0.15) is 19.8 Å². The molecular weight excluding hydrogens is 174 g/mol. The molecule has 0 saturated carbocycles. The Labute approximate surface area is 80.9 Å². The minimum absolute atomic E-state index is 0. The van der Waals surface area contributed by atoms with Crippen LogP contribution in [0.2, 0.25) is 0 Å². The number of hydrogen-bond acceptors (Lipinski definition) is 3. The molecule has 1 fully saturated rings. The van der Waals surface area contributed by atoms with E-state index in [9.17, 15) is 0 Å². The maximum Gasteiger partial charge on any atom is 0.0150 e. The van der Waals surface area contributed by atoms with E-state index in [-0.39, 0.29) is 17.9 Å². The second-order valence-corrected chi connectivity index (χ2v) is 3.78. The van der Waals surface area contributed by atoms with Crippen LogP contribution in [0.5, 0.6) is 0 Å². The van der Waals surface area contributed by atoms with Crippen molar-refractivity contribution in [2.45, 2.75) is 25.3 Å². The van der Waals surface area contributed by atoms with Gasteiger partial charge in [-0.1, -0.05) is 0 Å². The molecule has 74 valence electrons. The van der Waals surface area contributed by atoms with Crippen LogP contribution in [-0.4, -0.2) is 36.6 Å². The molecule has 3 nitrogen and oxygen atoms in total. The normalized spacial score (nSPS) is 23.2. The Bertz CT molecular complexity index is 117. The molecular formula is C8H20ClN3. The maximum absolute atomic E-state index is 5.98. The second kappa shape index (κ2) is 5.02. The molecule has 12 heavy (non-hydrogen) atoms. The molecule has 0 aliphatic carbocycles. The zero-order valence-electron chi connectivity index (χ0n) is 7.75. The summed E-state index contributed by atoms with van der Waals surface area (Å²) in [4.78, 5) is 2.38. The van der Waals surface area contributed by atoms with Gasteiger partial charge in [-0.2, -0.15) is 0 Å². The smallest absolute Gasteiger partial charge is 0.0150 e. The van der Waals surface area contributed by atoms with Crippen molar-refractivity contribution in [2.75, 3.05) is 26.2 Å². The summed E-state index contributed by atoms with van der Waals surface area (Å²) in [6, 6.07) is 0. The Balaban J connectivity index is 0.00000121. The van der Waals surface area contributed by atoms with Gasteiger partial charge in [-0.25, -0.2) is 0 Å². The lowest BCUT2D eigenvalue weighted by Gasteiger charge is -2.36. The van der Waals surface area contributed by atoms with Gasteiger partial charge < -0.3 is 16.4 Å². The van der Waals surface area contributed by atoms with Crippen molar-refractivity contribution >= 4 is 12.4 Å². The summed E-state index contributed by atoms with van der Waals surface area (Å²) in [5, 5.41) is 0. The van der Waals surface area contributed by atoms with E-state index in [1.54, 1.807) is 0 Å². The Morgan fingerprint density at radius 3 is 2.25 bits per heavy atom. The first-order valence-electron chi connectivity index (χ1n) is 4.35. The molecule has 4 N–H and O–H groups in total. The first kappa shape index (κ1) is 12.2. The van der Waals surface area contributed by atoms with Crippen LogP contribution < -0.4 is 11.5 Å². The third-order valence-corrected chi connectivity index (χ3v) is 2.44. The molecule has 0 aromatic rings. The number of rotatable bonds is 2. The molecule has 0 aromatic carbocycles. The summed E-state index contributed by atoms with van der Waals surface area (Å²) in [7, 11) is 0. The zero-order valence-corrected chi connectivity index (χ0v) is 8.57. The van der Waals surface area contributed by atoms with Crippen LogP contribution in [0.25, 0.3) is 0 Å². The van der Waals surface area contributed by atoms with Crippen LogP contribution in [-0.2, 0) is 0 Å². The fraction of sp³-hybridized carbons (Fsp3) is 1.00. The standard InChI is InChI=1S/C8H19N3.ClH/c1-8(10)2-5-11(6-3-8)7-4-9;/h2-7,9-10H2,1H3;1H. The van der Waals surface area contributed by atoms with E-state index >= 15 is 0 Å². The van der Waals surface area contributed by atoms with E-state index in [1.807, 2.05) is 0 Å². The molecule has 4 heteroatoms. The van der Waals surface area contributed by atoms with Gasteiger partial charge in [0.25, 0.3) is 0 Å². The predicted octanol–water partition coefficient (Wildman–Crippen LogP) is 0.180. The number of halogens is 1.